The molecule has 0 bridgehead atoms. The second kappa shape index (κ2) is 10.1. The van der Waals surface area contributed by atoms with Crippen LogP contribution >= 0.6 is 15.9 Å². The summed E-state index contributed by atoms with van der Waals surface area (Å²) in [4.78, 5) is 69.0. The van der Waals surface area contributed by atoms with Crippen LogP contribution in [0.25, 0.3) is 0 Å². The van der Waals surface area contributed by atoms with E-state index in [1.807, 2.05) is 0 Å². The van der Waals surface area contributed by atoms with Crippen molar-refractivity contribution in [1.29, 1.82) is 0 Å². The van der Waals surface area contributed by atoms with E-state index in [2.05, 4.69) is 15.9 Å². The molecular formula is C14H15BrN2O8. The minimum atomic E-state index is -1.52. The van der Waals surface area contributed by atoms with Crippen LogP contribution in [0.5, 0.6) is 0 Å². The summed E-state index contributed by atoms with van der Waals surface area (Å²) >= 11 is 2.57. The zero-order valence-corrected chi connectivity index (χ0v) is 14.8. The van der Waals surface area contributed by atoms with Gasteiger partial charge in [-0.1, -0.05) is 6.92 Å². The number of imide groups is 2. The van der Waals surface area contributed by atoms with Gasteiger partial charge in [0.1, 0.15) is 4.48 Å². The molecule has 0 heterocycles. The van der Waals surface area contributed by atoms with Gasteiger partial charge in [-0.25, -0.2) is 9.59 Å². The summed E-state index contributed by atoms with van der Waals surface area (Å²) < 4.78 is -0.614. The number of carboxylic acid groups (broad SMARTS) is 2. The molecule has 2 N–H and O–H groups in total. The molecule has 0 unspecified atom stereocenters. The Hall–Kier alpha value is -2.82. The van der Waals surface area contributed by atoms with Crippen LogP contribution in [0, 0.1) is 0 Å². The van der Waals surface area contributed by atoms with Crippen molar-refractivity contribution in [2.45, 2.75) is 26.7 Å². The first-order valence-electron chi connectivity index (χ1n) is 6.74. The maximum Gasteiger partial charge on any atom is 0.342 e. The van der Waals surface area contributed by atoms with Gasteiger partial charge in [0.15, 0.2) is 0 Å². The second-order valence-corrected chi connectivity index (χ2v) is 5.37. The normalized spacial score (nSPS) is 11.5. The number of rotatable bonds is 7. The first-order chi connectivity index (χ1) is 11.6. The van der Waals surface area contributed by atoms with Gasteiger partial charge >= 0.3 is 11.9 Å². The van der Waals surface area contributed by atoms with E-state index in [9.17, 15) is 28.8 Å². The summed E-state index contributed by atoms with van der Waals surface area (Å²) in [5, 5.41) is 17.7. The molecule has 4 amide bonds. The number of aliphatic carboxylic acids is 2. The second-order valence-electron chi connectivity index (χ2n) is 4.51. The maximum atomic E-state index is 12.2. The molecule has 0 saturated carbocycles. The Bertz CT molecular complexity index is 668. The lowest BCUT2D eigenvalue weighted by Gasteiger charge is -2.26. The molecule has 25 heavy (non-hydrogen) atoms. The van der Waals surface area contributed by atoms with Gasteiger partial charge in [0, 0.05) is 24.1 Å². The van der Waals surface area contributed by atoms with E-state index >= 15 is 0 Å². The third kappa shape index (κ3) is 6.67. The van der Waals surface area contributed by atoms with Crippen LogP contribution in [-0.2, 0) is 28.8 Å². The highest BCUT2D eigenvalue weighted by molar-refractivity contribution is 9.12. The van der Waals surface area contributed by atoms with Crippen molar-refractivity contribution in [3.8, 4) is 0 Å². The SMILES string of the molecule is CCCC(=O)N(C(=O)/C=C(/C)C(=O)O)N(C=O)C(=O)/C=C(/Br)C(=O)O. The first kappa shape index (κ1) is 22.2. The minimum Gasteiger partial charge on any atom is -0.478 e. The molecular weight excluding hydrogens is 404 g/mol. The zero-order chi connectivity index (χ0) is 19.7. The monoisotopic (exact) mass is 418 g/mol. The van der Waals surface area contributed by atoms with E-state index in [0.717, 1.165) is 6.92 Å². The van der Waals surface area contributed by atoms with Gasteiger partial charge < -0.3 is 10.2 Å². The van der Waals surface area contributed by atoms with Gasteiger partial charge in [0.2, 0.25) is 12.3 Å². The number of nitrogens with zero attached hydrogens (tertiary/aromatic N) is 2. The average Bonchev–Trinajstić information content (AvgIpc) is 2.51. The number of hydrazine groups is 1. The Morgan fingerprint density at radius 3 is 1.96 bits per heavy atom. The molecule has 11 heteroatoms. The van der Waals surface area contributed by atoms with Gasteiger partial charge in [0.05, 0.1) is 0 Å². The lowest BCUT2D eigenvalue weighted by Crippen LogP contribution is -2.51. The van der Waals surface area contributed by atoms with E-state index in [1.165, 1.54) is 0 Å². The Labute approximate surface area is 150 Å². The van der Waals surface area contributed by atoms with Gasteiger partial charge in [0.25, 0.3) is 11.8 Å². The molecule has 0 aromatic rings. The number of halogens is 1. The van der Waals surface area contributed by atoms with E-state index in [-0.39, 0.29) is 29.3 Å². The molecule has 0 atom stereocenters. The molecule has 0 aliphatic rings. The van der Waals surface area contributed by atoms with E-state index in [1.54, 1.807) is 6.92 Å². The van der Waals surface area contributed by atoms with Crippen LogP contribution in [0.2, 0.25) is 0 Å². The van der Waals surface area contributed by atoms with Crippen LogP contribution in [0.4, 0.5) is 0 Å². The summed E-state index contributed by atoms with van der Waals surface area (Å²) in [6, 6.07) is 0. The summed E-state index contributed by atoms with van der Waals surface area (Å²) in [6.45, 7) is 2.68. The van der Waals surface area contributed by atoms with Crippen molar-refractivity contribution >= 4 is 52.0 Å². The lowest BCUT2D eigenvalue weighted by atomic mass is 10.2. The maximum absolute atomic E-state index is 12.2. The number of hydrogen-bond donors (Lipinski definition) is 2. The third-order valence-electron chi connectivity index (χ3n) is 2.58. The number of hydrogen-bond acceptors (Lipinski definition) is 6. The van der Waals surface area contributed by atoms with Crippen molar-refractivity contribution in [2.75, 3.05) is 0 Å². The standard InChI is InChI=1S/C14H15BrN2O8/c1-3-4-10(19)17(12(21)5-8(2)13(22)23)16(7-18)11(20)6-9(15)14(24)25/h5-7H,3-4H2,1-2H3,(H,22,23)(H,24,25)/b8-5-,9-6+. The number of amides is 4. The Morgan fingerprint density at radius 1 is 1.00 bits per heavy atom. The zero-order valence-electron chi connectivity index (χ0n) is 13.3. The molecule has 0 saturated heterocycles. The Kier molecular flexibility index (Phi) is 8.99. The molecule has 0 aromatic carbocycles. The van der Waals surface area contributed by atoms with Crippen molar-refractivity contribution < 1.29 is 39.0 Å². The largest absolute Gasteiger partial charge is 0.478 e. The highest BCUT2D eigenvalue weighted by Gasteiger charge is 2.30. The highest BCUT2D eigenvalue weighted by Crippen LogP contribution is 2.10. The van der Waals surface area contributed by atoms with Gasteiger partial charge in [-0.15, -0.1) is 0 Å². The van der Waals surface area contributed by atoms with Gasteiger partial charge in [-0.2, -0.15) is 10.0 Å². The Balaban J connectivity index is 5.94. The molecule has 0 aromatic heterocycles. The molecule has 0 fully saturated rings. The molecule has 0 aliphatic heterocycles. The quantitative estimate of drug-likeness (QED) is 0.343. The molecule has 136 valence electrons. The number of carbonyl (C=O) groups excluding carboxylic acids is 4. The smallest absolute Gasteiger partial charge is 0.342 e. The topological polar surface area (TPSA) is 149 Å². The minimum absolute atomic E-state index is 0.0656. The fraction of sp³-hybridized carbons (Fsp3) is 0.286. The van der Waals surface area contributed by atoms with Crippen LogP contribution in [0.15, 0.2) is 22.2 Å². The number of carboxylic acids is 2. The first-order valence-corrected chi connectivity index (χ1v) is 7.53. The Morgan fingerprint density at radius 2 is 1.56 bits per heavy atom. The average molecular weight is 419 g/mol. The van der Waals surface area contributed by atoms with E-state index in [0.29, 0.717) is 12.2 Å². The summed E-state index contributed by atoms with van der Waals surface area (Å²) in [5.41, 5.74) is -0.431. The number of carbonyl (C=O) groups is 6. The molecule has 10 nitrogen and oxygen atoms in total. The van der Waals surface area contributed by atoms with Crippen molar-refractivity contribution in [3.05, 3.63) is 22.2 Å². The van der Waals surface area contributed by atoms with Gasteiger partial charge in [-0.05, 0) is 29.3 Å². The predicted octanol–water partition coefficient (Wildman–Crippen LogP) is 0.436. The fourth-order valence-corrected chi connectivity index (χ4v) is 1.61. The van der Waals surface area contributed by atoms with Gasteiger partial charge in [-0.3, -0.25) is 19.2 Å². The molecule has 0 spiro atoms. The third-order valence-corrected chi connectivity index (χ3v) is 3.15. The molecule has 0 radical (unpaired) electrons. The fourth-order valence-electron chi connectivity index (χ4n) is 1.41. The predicted molar refractivity (Wildman–Crippen MR) is 85.7 cm³/mol. The van der Waals surface area contributed by atoms with Crippen molar-refractivity contribution in [3.63, 3.8) is 0 Å². The van der Waals surface area contributed by atoms with E-state index in [4.69, 9.17) is 10.2 Å². The van der Waals surface area contributed by atoms with Crippen LogP contribution in [0.1, 0.15) is 26.7 Å². The van der Waals surface area contributed by atoms with Crippen LogP contribution < -0.4 is 0 Å². The summed E-state index contributed by atoms with van der Waals surface area (Å²) in [7, 11) is 0. The molecule has 0 aliphatic carbocycles. The summed E-state index contributed by atoms with van der Waals surface area (Å²) in [6.07, 6.45) is 0.947. The van der Waals surface area contributed by atoms with Crippen molar-refractivity contribution in [2.24, 2.45) is 0 Å². The molecule has 0 rings (SSSR count). The highest BCUT2D eigenvalue weighted by atomic mass is 79.9. The summed E-state index contributed by atoms with van der Waals surface area (Å²) in [5.74, 6) is -6.42. The lowest BCUT2D eigenvalue weighted by molar-refractivity contribution is -0.171. The van der Waals surface area contributed by atoms with Crippen LogP contribution in [-0.4, -0.2) is 56.3 Å². The van der Waals surface area contributed by atoms with Crippen LogP contribution in [0.3, 0.4) is 0 Å². The van der Waals surface area contributed by atoms with Crippen molar-refractivity contribution in [1.82, 2.24) is 10.0 Å². The van der Waals surface area contributed by atoms with E-state index < -0.39 is 39.7 Å².